The Kier molecular flexibility index (Phi) is 4.39. The quantitative estimate of drug-likeness (QED) is 0.507. The van der Waals surface area contributed by atoms with Crippen LogP contribution in [0.25, 0.3) is 0 Å². The van der Waals surface area contributed by atoms with E-state index in [1.54, 1.807) is 18.2 Å². The van der Waals surface area contributed by atoms with Gasteiger partial charge >= 0.3 is 5.97 Å². The maximum atomic E-state index is 11.2. The zero-order chi connectivity index (χ0) is 15.2. The van der Waals surface area contributed by atoms with E-state index in [-0.39, 0.29) is 11.4 Å². The number of carbonyl (C=O) groups excluding carboxylic acids is 1. The van der Waals surface area contributed by atoms with Crippen LogP contribution in [0, 0.1) is 10.1 Å². The number of non-ortho nitro benzene ring substituents is 1. The first-order valence-electron chi connectivity index (χ1n) is 5.99. The number of hydrogen-bond acceptors (Lipinski definition) is 7. The molecule has 21 heavy (non-hydrogen) atoms. The Balaban J connectivity index is 1.96. The van der Waals surface area contributed by atoms with Crippen molar-refractivity contribution in [3.8, 4) is 0 Å². The van der Waals surface area contributed by atoms with Crippen molar-refractivity contribution in [2.24, 2.45) is 0 Å². The fourth-order valence-corrected chi connectivity index (χ4v) is 1.57. The molecule has 2 aromatic rings. The van der Waals surface area contributed by atoms with Gasteiger partial charge < -0.3 is 10.1 Å². The van der Waals surface area contributed by atoms with Gasteiger partial charge in [-0.3, -0.25) is 10.1 Å². The molecule has 0 saturated carbocycles. The number of methoxy groups -OCH3 is 1. The van der Waals surface area contributed by atoms with Gasteiger partial charge in [0.1, 0.15) is 5.82 Å². The second-order valence-electron chi connectivity index (χ2n) is 4.07. The lowest BCUT2D eigenvalue weighted by atomic mass is 10.2. The first-order valence-corrected chi connectivity index (χ1v) is 5.99. The molecule has 0 fully saturated rings. The minimum Gasteiger partial charge on any atom is -0.464 e. The molecule has 0 spiro atoms. The van der Waals surface area contributed by atoms with Gasteiger partial charge in [0.15, 0.2) is 5.69 Å². The monoisotopic (exact) mass is 288 g/mol. The van der Waals surface area contributed by atoms with E-state index in [0.29, 0.717) is 12.4 Å². The number of aromatic nitrogens is 2. The van der Waals surface area contributed by atoms with Crippen LogP contribution in [0.5, 0.6) is 0 Å². The van der Waals surface area contributed by atoms with Gasteiger partial charge in [-0.1, -0.05) is 12.1 Å². The molecule has 0 aliphatic carbocycles. The molecule has 0 aliphatic heterocycles. The second kappa shape index (κ2) is 6.42. The maximum absolute atomic E-state index is 11.2. The number of esters is 1. The van der Waals surface area contributed by atoms with Gasteiger partial charge in [-0.2, -0.15) is 0 Å². The van der Waals surface area contributed by atoms with Gasteiger partial charge in [-0.05, 0) is 17.7 Å². The van der Waals surface area contributed by atoms with Crippen molar-refractivity contribution >= 4 is 17.5 Å². The minimum atomic E-state index is -0.551. The predicted molar refractivity (Wildman–Crippen MR) is 73.8 cm³/mol. The third kappa shape index (κ3) is 3.72. The Morgan fingerprint density at radius 3 is 2.48 bits per heavy atom. The van der Waals surface area contributed by atoms with Crippen LogP contribution in [-0.4, -0.2) is 28.2 Å². The molecule has 0 atom stereocenters. The Bertz CT molecular complexity index is 640. The average Bonchev–Trinajstić information content (AvgIpc) is 2.53. The molecule has 108 valence electrons. The fourth-order valence-electron chi connectivity index (χ4n) is 1.57. The molecule has 0 saturated heterocycles. The standard InChI is InChI=1S/C13H12N4O4/c1-21-13(18)11-6-7-12(16-15-11)14-8-9-2-4-10(5-3-9)17(19)20/h2-7H,8H2,1H3,(H,14,16). The van der Waals surface area contributed by atoms with E-state index in [9.17, 15) is 14.9 Å². The maximum Gasteiger partial charge on any atom is 0.358 e. The summed E-state index contributed by atoms with van der Waals surface area (Å²) in [5, 5.41) is 21.1. The van der Waals surface area contributed by atoms with Crippen molar-refractivity contribution in [1.82, 2.24) is 10.2 Å². The molecular weight excluding hydrogens is 276 g/mol. The Morgan fingerprint density at radius 1 is 1.24 bits per heavy atom. The lowest BCUT2D eigenvalue weighted by Gasteiger charge is -2.05. The Morgan fingerprint density at radius 2 is 1.95 bits per heavy atom. The molecule has 1 heterocycles. The normalized spacial score (nSPS) is 9.95. The number of carbonyl (C=O) groups is 1. The van der Waals surface area contributed by atoms with Crippen LogP contribution in [0.1, 0.15) is 16.1 Å². The molecule has 0 radical (unpaired) electrons. The van der Waals surface area contributed by atoms with Gasteiger partial charge in [-0.15, -0.1) is 10.2 Å². The zero-order valence-corrected chi connectivity index (χ0v) is 11.1. The van der Waals surface area contributed by atoms with Crippen LogP contribution in [0.15, 0.2) is 36.4 Å². The third-order valence-electron chi connectivity index (χ3n) is 2.68. The van der Waals surface area contributed by atoms with Gasteiger partial charge in [0, 0.05) is 18.7 Å². The lowest BCUT2D eigenvalue weighted by Crippen LogP contribution is -2.08. The summed E-state index contributed by atoms with van der Waals surface area (Å²) >= 11 is 0. The van der Waals surface area contributed by atoms with Crippen molar-refractivity contribution in [2.45, 2.75) is 6.54 Å². The number of nitrogens with zero attached hydrogens (tertiary/aromatic N) is 3. The molecule has 0 unspecified atom stereocenters. The Hall–Kier alpha value is -3.03. The number of hydrogen-bond donors (Lipinski definition) is 1. The number of nitro benzene ring substituents is 1. The molecule has 0 bridgehead atoms. The van der Waals surface area contributed by atoms with Crippen molar-refractivity contribution < 1.29 is 14.5 Å². The van der Waals surface area contributed by atoms with Crippen LogP contribution in [-0.2, 0) is 11.3 Å². The summed E-state index contributed by atoms with van der Waals surface area (Å²) in [7, 11) is 1.27. The molecule has 0 aliphatic rings. The molecule has 8 nitrogen and oxygen atoms in total. The van der Waals surface area contributed by atoms with E-state index in [0.717, 1.165) is 5.56 Å². The summed E-state index contributed by atoms with van der Waals surface area (Å²) in [6, 6.07) is 9.27. The van der Waals surface area contributed by atoms with Gasteiger partial charge in [-0.25, -0.2) is 4.79 Å². The van der Waals surface area contributed by atoms with Crippen molar-refractivity contribution in [2.75, 3.05) is 12.4 Å². The molecule has 1 N–H and O–H groups in total. The second-order valence-corrected chi connectivity index (χ2v) is 4.07. The van der Waals surface area contributed by atoms with Gasteiger partial charge in [0.25, 0.3) is 5.69 Å². The van der Waals surface area contributed by atoms with Crippen LogP contribution in [0.2, 0.25) is 0 Å². The molecule has 1 aromatic carbocycles. The highest BCUT2D eigenvalue weighted by molar-refractivity contribution is 5.86. The Labute approximate surface area is 119 Å². The molecule has 2 rings (SSSR count). The van der Waals surface area contributed by atoms with Crippen molar-refractivity contribution in [3.05, 3.63) is 57.8 Å². The van der Waals surface area contributed by atoms with Gasteiger partial charge in [0.05, 0.1) is 12.0 Å². The summed E-state index contributed by atoms with van der Waals surface area (Å²) in [6.07, 6.45) is 0. The van der Waals surface area contributed by atoms with E-state index in [1.165, 1.54) is 25.3 Å². The SMILES string of the molecule is COC(=O)c1ccc(NCc2ccc([N+](=O)[O-])cc2)nn1. The summed E-state index contributed by atoms with van der Waals surface area (Å²) < 4.78 is 4.52. The summed E-state index contributed by atoms with van der Waals surface area (Å²) in [5.74, 6) is -0.0644. The minimum absolute atomic E-state index is 0.0426. The smallest absolute Gasteiger partial charge is 0.358 e. The number of ether oxygens (including phenoxy) is 1. The summed E-state index contributed by atoms with van der Waals surface area (Å²) in [4.78, 5) is 21.3. The highest BCUT2D eigenvalue weighted by Gasteiger charge is 2.08. The molecule has 0 amide bonds. The van der Waals surface area contributed by atoms with Gasteiger partial charge in [0.2, 0.25) is 0 Å². The molecular formula is C13H12N4O4. The van der Waals surface area contributed by atoms with E-state index in [4.69, 9.17) is 0 Å². The fraction of sp³-hybridized carbons (Fsp3) is 0.154. The largest absolute Gasteiger partial charge is 0.464 e. The first-order chi connectivity index (χ1) is 10.1. The van der Waals surface area contributed by atoms with E-state index < -0.39 is 10.9 Å². The number of nitrogens with one attached hydrogen (secondary N) is 1. The van der Waals surface area contributed by atoms with Crippen molar-refractivity contribution in [1.29, 1.82) is 0 Å². The van der Waals surface area contributed by atoms with E-state index in [1.807, 2.05) is 0 Å². The topological polar surface area (TPSA) is 107 Å². The van der Waals surface area contributed by atoms with Crippen LogP contribution in [0.4, 0.5) is 11.5 Å². The number of anilines is 1. The number of nitro groups is 1. The molecule has 1 aromatic heterocycles. The van der Waals surface area contributed by atoms with Crippen LogP contribution >= 0.6 is 0 Å². The highest BCUT2D eigenvalue weighted by atomic mass is 16.6. The first kappa shape index (κ1) is 14.4. The van der Waals surface area contributed by atoms with Crippen LogP contribution < -0.4 is 5.32 Å². The van der Waals surface area contributed by atoms with Crippen molar-refractivity contribution in [3.63, 3.8) is 0 Å². The van der Waals surface area contributed by atoms with E-state index in [2.05, 4.69) is 20.3 Å². The number of rotatable bonds is 5. The lowest BCUT2D eigenvalue weighted by molar-refractivity contribution is -0.384. The summed E-state index contributed by atoms with van der Waals surface area (Å²) in [6.45, 7) is 0.435. The molecule has 8 heteroatoms. The van der Waals surface area contributed by atoms with E-state index >= 15 is 0 Å². The van der Waals surface area contributed by atoms with Crippen LogP contribution in [0.3, 0.4) is 0 Å². The summed E-state index contributed by atoms with van der Waals surface area (Å²) in [5.41, 5.74) is 1.03. The third-order valence-corrected chi connectivity index (χ3v) is 2.68. The zero-order valence-electron chi connectivity index (χ0n) is 11.1. The average molecular weight is 288 g/mol. The highest BCUT2D eigenvalue weighted by Crippen LogP contribution is 2.13. The number of benzene rings is 1. The predicted octanol–water partition coefficient (Wildman–Crippen LogP) is 1.78.